The number of nitrogens with zero attached hydrogens (tertiary/aromatic N) is 2. The van der Waals surface area contributed by atoms with Gasteiger partial charge in [-0.1, -0.05) is 6.42 Å². The van der Waals surface area contributed by atoms with Gasteiger partial charge in [0.05, 0.1) is 5.60 Å². The first kappa shape index (κ1) is 17.9. The molecule has 0 saturated carbocycles. The fourth-order valence-corrected chi connectivity index (χ4v) is 4.84. The molecule has 0 aliphatic carbocycles. The third-order valence-corrected chi connectivity index (χ3v) is 6.43. The first-order valence-electron chi connectivity index (χ1n) is 10.1. The molecule has 0 N–H and O–H groups in total. The molecule has 3 aliphatic rings. The summed E-state index contributed by atoms with van der Waals surface area (Å²) < 4.78 is 19.3. The largest absolute Gasteiger partial charge is 0.375 e. The lowest BCUT2D eigenvalue weighted by atomic mass is 9.81. The molecule has 1 aromatic carbocycles. The van der Waals surface area contributed by atoms with Crippen molar-refractivity contribution < 1.29 is 13.9 Å². The number of likely N-dealkylation sites (tertiary alicyclic amines) is 2. The highest BCUT2D eigenvalue weighted by atomic mass is 19.1. The summed E-state index contributed by atoms with van der Waals surface area (Å²) in [5.74, 6) is -0.304. The van der Waals surface area contributed by atoms with Crippen LogP contribution in [0.15, 0.2) is 24.3 Å². The van der Waals surface area contributed by atoms with Crippen LogP contribution in [0, 0.1) is 5.82 Å². The van der Waals surface area contributed by atoms with Gasteiger partial charge in [-0.25, -0.2) is 4.39 Å². The summed E-state index contributed by atoms with van der Waals surface area (Å²) in [5, 5.41) is 0. The van der Waals surface area contributed by atoms with Crippen molar-refractivity contribution in [2.24, 2.45) is 0 Å². The number of benzene rings is 1. The van der Waals surface area contributed by atoms with E-state index in [2.05, 4.69) is 4.90 Å². The van der Waals surface area contributed by atoms with Crippen LogP contribution in [-0.2, 0) is 4.74 Å². The van der Waals surface area contributed by atoms with Crippen molar-refractivity contribution in [1.82, 2.24) is 9.80 Å². The first-order chi connectivity index (χ1) is 12.7. The molecule has 142 valence electrons. The van der Waals surface area contributed by atoms with E-state index in [1.807, 2.05) is 4.90 Å². The predicted octanol–water partition coefficient (Wildman–Crippen LogP) is 3.47. The lowest BCUT2D eigenvalue weighted by Gasteiger charge is -2.49. The zero-order chi connectivity index (χ0) is 18.0. The molecule has 0 aromatic heterocycles. The van der Waals surface area contributed by atoms with Gasteiger partial charge in [-0.2, -0.15) is 0 Å². The second-order valence-corrected chi connectivity index (χ2v) is 8.07. The van der Waals surface area contributed by atoms with E-state index in [0.717, 1.165) is 45.4 Å². The molecule has 0 bridgehead atoms. The Labute approximate surface area is 155 Å². The minimum atomic E-state index is -0.307. The number of carbonyl (C=O) groups is 1. The Hall–Kier alpha value is -1.46. The van der Waals surface area contributed by atoms with E-state index >= 15 is 0 Å². The van der Waals surface area contributed by atoms with E-state index in [4.69, 9.17) is 4.74 Å². The number of ether oxygens (including phenoxy) is 1. The van der Waals surface area contributed by atoms with Crippen LogP contribution in [0.4, 0.5) is 4.39 Å². The average molecular weight is 360 g/mol. The molecule has 1 atom stereocenters. The van der Waals surface area contributed by atoms with E-state index in [1.54, 1.807) is 12.1 Å². The van der Waals surface area contributed by atoms with Crippen LogP contribution in [-0.4, -0.2) is 60.1 Å². The van der Waals surface area contributed by atoms with Crippen molar-refractivity contribution in [2.75, 3.05) is 32.8 Å². The van der Waals surface area contributed by atoms with Gasteiger partial charge in [0.2, 0.25) is 0 Å². The zero-order valence-corrected chi connectivity index (χ0v) is 15.5. The number of hydrogen-bond acceptors (Lipinski definition) is 3. The van der Waals surface area contributed by atoms with Crippen molar-refractivity contribution in [2.45, 2.75) is 56.6 Å². The predicted molar refractivity (Wildman–Crippen MR) is 98.7 cm³/mol. The van der Waals surface area contributed by atoms with Crippen molar-refractivity contribution in [3.05, 3.63) is 35.6 Å². The molecule has 26 heavy (non-hydrogen) atoms. The van der Waals surface area contributed by atoms with Crippen LogP contribution < -0.4 is 0 Å². The normalized spacial score (nSPS) is 26.8. The Bertz CT molecular complexity index is 619. The standard InChI is InChI=1S/C21H29FN2O2/c22-18-6-4-17(5-7-18)20(25)24-13-9-21(10-14-24)16-19(8-15-26-21)23-11-2-1-3-12-23/h4-7,19H,1-3,8-16H2. The van der Waals surface area contributed by atoms with Crippen LogP contribution >= 0.6 is 0 Å². The van der Waals surface area contributed by atoms with Crippen LogP contribution in [0.3, 0.4) is 0 Å². The Balaban J connectivity index is 1.36. The van der Waals surface area contributed by atoms with E-state index < -0.39 is 0 Å². The molecule has 3 saturated heterocycles. The molecule has 0 radical (unpaired) electrons. The highest BCUT2D eigenvalue weighted by Gasteiger charge is 2.42. The minimum absolute atomic E-state index is 0.00300. The van der Waals surface area contributed by atoms with Gasteiger partial charge in [-0.3, -0.25) is 4.79 Å². The van der Waals surface area contributed by atoms with Crippen molar-refractivity contribution in [3.63, 3.8) is 0 Å². The summed E-state index contributed by atoms with van der Waals surface area (Å²) in [6.45, 7) is 4.75. The van der Waals surface area contributed by atoms with Crippen LogP contribution in [0.5, 0.6) is 0 Å². The summed E-state index contributed by atoms with van der Waals surface area (Å²) >= 11 is 0. The molecule has 1 aromatic rings. The van der Waals surface area contributed by atoms with Gasteiger partial charge in [0.15, 0.2) is 0 Å². The summed E-state index contributed by atoms with van der Waals surface area (Å²) in [6.07, 6.45) is 8.07. The van der Waals surface area contributed by atoms with Crippen LogP contribution in [0.25, 0.3) is 0 Å². The van der Waals surface area contributed by atoms with Crippen LogP contribution in [0.1, 0.15) is 55.3 Å². The van der Waals surface area contributed by atoms with E-state index in [1.165, 1.54) is 44.5 Å². The number of carbonyl (C=O) groups excluding carboxylic acids is 1. The van der Waals surface area contributed by atoms with E-state index in [0.29, 0.717) is 11.6 Å². The zero-order valence-electron chi connectivity index (χ0n) is 15.5. The highest BCUT2D eigenvalue weighted by Crippen LogP contribution is 2.37. The number of piperidine rings is 2. The maximum Gasteiger partial charge on any atom is 0.253 e. The van der Waals surface area contributed by atoms with Gasteiger partial charge in [0.1, 0.15) is 5.82 Å². The lowest BCUT2D eigenvalue weighted by Crippen LogP contribution is -2.55. The number of rotatable bonds is 2. The highest BCUT2D eigenvalue weighted by molar-refractivity contribution is 5.94. The Kier molecular flexibility index (Phi) is 5.28. The van der Waals surface area contributed by atoms with E-state index in [9.17, 15) is 9.18 Å². The molecule has 1 unspecified atom stereocenters. The topological polar surface area (TPSA) is 32.8 Å². The lowest BCUT2D eigenvalue weighted by molar-refractivity contribution is -0.131. The van der Waals surface area contributed by atoms with Crippen molar-refractivity contribution >= 4 is 5.91 Å². The number of halogens is 1. The molecule has 3 fully saturated rings. The van der Waals surface area contributed by atoms with Gasteiger partial charge in [0, 0.05) is 31.3 Å². The molecule has 4 rings (SSSR count). The molecule has 5 heteroatoms. The maximum atomic E-state index is 13.1. The minimum Gasteiger partial charge on any atom is -0.375 e. The first-order valence-corrected chi connectivity index (χ1v) is 10.1. The Morgan fingerprint density at radius 3 is 2.42 bits per heavy atom. The molecular formula is C21H29FN2O2. The summed E-state index contributed by atoms with van der Waals surface area (Å²) in [6, 6.07) is 6.50. The molecule has 1 amide bonds. The average Bonchev–Trinajstić information content (AvgIpc) is 2.69. The maximum absolute atomic E-state index is 13.1. The third-order valence-electron chi connectivity index (χ3n) is 6.43. The summed E-state index contributed by atoms with van der Waals surface area (Å²) in [4.78, 5) is 17.2. The van der Waals surface area contributed by atoms with Crippen LogP contribution in [0.2, 0.25) is 0 Å². The molecule has 3 heterocycles. The SMILES string of the molecule is O=C(c1ccc(F)cc1)N1CCC2(CC1)CC(N1CCCCC1)CCO2. The molecule has 1 spiro atoms. The second-order valence-electron chi connectivity index (χ2n) is 8.07. The number of hydrogen-bond donors (Lipinski definition) is 0. The van der Waals surface area contributed by atoms with Crippen molar-refractivity contribution in [1.29, 1.82) is 0 Å². The van der Waals surface area contributed by atoms with Gasteiger partial charge in [0.25, 0.3) is 5.91 Å². The molecule has 3 aliphatic heterocycles. The van der Waals surface area contributed by atoms with Gasteiger partial charge < -0.3 is 14.5 Å². The van der Waals surface area contributed by atoms with Gasteiger partial charge in [-0.15, -0.1) is 0 Å². The monoisotopic (exact) mass is 360 g/mol. The fraction of sp³-hybridized carbons (Fsp3) is 0.667. The Morgan fingerprint density at radius 1 is 1.04 bits per heavy atom. The van der Waals surface area contributed by atoms with Gasteiger partial charge in [-0.05, 0) is 75.9 Å². The molecular weight excluding hydrogens is 331 g/mol. The summed E-state index contributed by atoms with van der Waals surface area (Å²) in [7, 11) is 0. The summed E-state index contributed by atoms with van der Waals surface area (Å²) in [5.41, 5.74) is 0.512. The second kappa shape index (κ2) is 7.65. The fourth-order valence-electron chi connectivity index (χ4n) is 4.84. The van der Waals surface area contributed by atoms with E-state index in [-0.39, 0.29) is 17.3 Å². The molecule has 4 nitrogen and oxygen atoms in total. The van der Waals surface area contributed by atoms with Crippen molar-refractivity contribution in [3.8, 4) is 0 Å². The third kappa shape index (κ3) is 3.79. The smallest absolute Gasteiger partial charge is 0.253 e. The quantitative estimate of drug-likeness (QED) is 0.810. The van der Waals surface area contributed by atoms with Gasteiger partial charge >= 0.3 is 0 Å². The number of amides is 1. The Morgan fingerprint density at radius 2 is 1.73 bits per heavy atom.